The van der Waals surface area contributed by atoms with E-state index in [1.54, 1.807) is 4.57 Å². The van der Waals surface area contributed by atoms with Gasteiger partial charge in [-0.3, -0.25) is 4.79 Å². The van der Waals surface area contributed by atoms with Gasteiger partial charge in [0.15, 0.2) is 0 Å². The molecule has 5 rings (SSSR count). The number of aliphatic carboxylic acids is 1. The third-order valence-corrected chi connectivity index (χ3v) is 5.97. The molecule has 5 aromatic rings. The number of benzene rings is 3. The Kier molecular flexibility index (Phi) is 5.65. The number of unbranched alkanes of at least 4 members (excludes halogenated alkanes) is 1. The van der Waals surface area contributed by atoms with Crippen molar-refractivity contribution in [3.05, 3.63) is 84.2 Å². The van der Waals surface area contributed by atoms with E-state index in [1.807, 2.05) is 48.5 Å². The quantitative estimate of drug-likeness (QED) is 0.346. The Morgan fingerprint density at radius 3 is 2.42 bits per heavy atom. The van der Waals surface area contributed by atoms with Crippen LogP contribution in [0, 0.1) is 0 Å². The summed E-state index contributed by atoms with van der Waals surface area (Å²) in [6.07, 6.45) is 3.14. The normalized spacial score (nSPS) is 11.4. The molecule has 0 aliphatic heterocycles. The zero-order chi connectivity index (χ0) is 22.8. The van der Waals surface area contributed by atoms with Gasteiger partial charge in [0, 0.05) is 18.5 Å². The van der Waals surface area contributed by atoms with Crippen molar-refractivity contribution in [3.63, 3.8) is 0 Å². The van der Waals surface area contributed by atoms with Crippen molar-refractivity contribution in [2.24, 2.45) is 0 Å². The average Bonchev–Trinajstić information content (AvgIpc) is 3.36. The number of aryl methyl sites for hydroxylation is 1. The lowest BCUT2D eigenvalue weighted by molar-refractivity contribution is -0.137. The Labute approximate surface area is 192 Å². The summed E-state index contributed by atoms with van der Waals surface area (Å²) < 4.78 is 4.07. The Hall–Kier alpha value is -3.93. The molecule has 33 heavy (non-hydrogen) atoms. The van der Waals surface area contributed by atoms with Gasteiger partial charge in [-0.25, -0.2) is 9.97 Å². The smallest absolute Gasteiger partial charge is 0.323 e. The molecule has 0 saturated heterocycles. The first-order valence-corrected chi connectivity index (χ1v) is 11.3. The first kappa shape index (κ1) is 20.9. The van der Waals surface area contributed by atoms with Gasteiger partial charge in [-0.2, -0.15) is 0 Å². The maximum atomic E-state index is 11.7. The number of carbonyl (C=O) groups is 1. The van der Waals surface area contributed by atoms with Gasteiger partial charge in [0.2, 0.25) is 0 Å². The number of imidazole rings is 2. The van der Waals surface area contributed by atoms with Crippen LogP contribution in [0.15, 0.2) is 72.8 Å². The molecule has 0 saturated carbocycles. The number of carboxylic acids is 1. The van der Waals surface area contributed by atoms with Crippen molar-refractivity contribution in [1.29, 1.82) is 0 Å². The minimum atomic E-state index is -0.890. The van der Waals surface area contributed by atoms with Gasteiger partial charge >= 0.3 is 5.97 Å². The summed E-state index contributed by atoms with van der Waals surface area (Å²) in [4.78, 5) is 21.3. The Bertz CT molecular complexity index is 1430. The molecule has 2 aromatic heterocycles. The molecular formula is C27H26N4O2. The van der Waals surface area contributed by atoms with E-state index in [0.29, 0.717) is 12.4 Å². The van der Waals surface area contributed by atoms with Gasteiger partial charge in [0.25, 0.3) is 0 Å². The van der Waals surface area contributed by atoms with Crippen molar-refractivity contribution < 1.29 is 9.90 Å². The van der Waals surface area contributed by atoms with Crippen molar-refractivity contribution in [3.8, 4) is 11.4 Å². The van der Waals surface area contributed by atoms with Crippen LogP contribution in [0.25, 0.3) is 33.5 Å². The van der Waals surface area contributed by atoms with Gasteiger partial charge in [-0.05, 0) is 36.2 Å². The topological polar surface area (TPSA) is 72.9 Å². The monoisotopic (exact) mass is 438 g/mol. The second-order valence-corrected chi connectivity index (χ2v) is 8.31. The average molecular weight is 439 g/mol. The molecule has 0 aliphatic carbocycles. The van der Waals surface area contributed by atoms with E-state index in [4.69, 9.17) is 9.97 Å². The van der Waals surface area contributed by atoms with E-state index in [1.165, 1.54) is 0 Å². The highest BCUT2D eigenvalue weighted by Crippen LogP contribution is 2.27. The molecule has 6 nitrogen and oxygen atoms in total. The molecule has 2 heterocycles. The number of fused-ring (bicyclic) bond motifs is 2. The summed E-state index contributed by atoms with van der Waals surface area (Å²) in [5, 5.41) is 9.57. The number of carboxylic acid groups (broad SMARTS) is 1. The molecule has 0 bridgehead atoms. The second-order valence-electron chi connectivity index (χ2n) is 8.31. The largest absolute Gasteiger partial charge is 0.480 e. The van der Waals surface area contributed by atoms with Crippen LogP contribution in [0.1, 0.15) is 31.2 Å². The molecule has 0 aliphatic rings. The summed E-state index contributed by atoms with van der Waals surface area (Å²) in [6, 6.07) is 24.1. The first-order chi connectivity index (χ1) is 16.1. The fourth-order valence-electron chi connectivity index (χ4n) is 4.38. The third-order valence-electron chi connectivity index (χ3n) is 5.97. The molecule has 6 heteroatoms. The lowest BCUT2D eigenvalue weighted by Crippen LogP contribution is -2.10. The van der Waals surface area contributed by atoms with E-state index in [2.05, 4.69) is 35.8 Å². The van der Waals surface area contributed by atoms with Crippen LogP contribution in [-0.4, -0.2) is 30.2 Å². The second kappa shape index (κ2) is 8.90. The highest BCUT2D eigenvalue weighted by Gasteiger charge is 2.16. The fourth-order valence-corrected chi connectivity index (χ4v) is 4.38. The van der Waals surface area contributed by atoms with Crippen LogP contribution in [0.3, 0.4) is 0 Å². The SMILES string of the molecule is CCCCc1nc2ccccc2n1Cc1ccc2nc(-c3ccccc3)n(CC(=O)O)c2c1. The lowest BCUT2D eigenvalue weighted by Gasteiger charge is -2.11. The highest BCUT2D eigenvalue weighted by molar-refractivity contribution is 5.83. The number of hydrogen-bond acceptors (Lipinski definition) is 3. The Morgan fingerprint density at radius 2 is 1.64 bits per heavy atom. The number of para-hydroxylation sites is 2. The van der Waals surface area contributed by atoms with Crippen LogP contribution >= 0.6 is 0 Å². The van der Waals surface area contributed by atoms with Crippen molar-refractivity contribution >= 4 is 28.0 Å². The molecule has 0 atom stereocenters. The van der Waals surface area contributed by atoms with Gasteiger partial charge in [0.05, 0.1) is 22.1 Å². The Morgan fingerprint density at radius 1 is 0.879 bits per heavy atom. The number of rotatable bonds is 8. The Balaban J connectivity index is 1.60. The number of nitrogens with zero attached hydrogens (tertiary/aromatic N) is 4. The van der Waals surface area contributed by atoms with E-state index in [9.17, 15) is 9.90 Å². The lowest BCUT2D eigenvalue weighted by atomic mass is 10.1. The molecule has 0 amide bonds. The first-order valence-electron chi connectivity index (χ1n) is 11.3. The zero-order valence-electron chi connectivity index (χ0n) is 18.6. The molecule has 0 unspecified atom stereocenters. The molecular weight excluding hydrogens is 412 g/mol. The number of aromatic nitrogens is 4. The molecule has 3 aromatic carbocycles. The molecule has 0 fully saturated rings. The van der Waals surface area contributed by atoms with Gasteiger partial charge in [-0.1, -0.05) is 61.9 Å². The third kappa shape index (κ3) is 4.12. The van der Waals surface area contributed by atoms with Gasteiger partial charge in [-0.15, -0.1) is 0 Å². The van der Waals surface area contributed by atoms with Crippen LogP contribution in [0.4, 0.5) is 0 Å². The molecule has 0 spiro atoms. The summed E-state index contributed by atoms with van der Waals surface area (Å²) in [6.45, 7) is 2.73. The van der Waals surface area contributed by atoms with Crippen LogP contribution in [0.5, 0.6) is 0 Å². The zero-order valence-corrected chi connectivity index (χ0v) is 18.6. The van der Waals surface area contributed by atoms with E-state index >= 15 is 0 Å². The predicted molar refractivity (Wildman–Crippen MR) is 130 cm³/mol. The maximum Gasteiger partial charge on any atom is 0.323 e. The van der Waals surface area contributed by atoms with Crippen molar-refractivity contribution in [1.82, 2.24) is 19.1 Å². The van der Waals surface area contributed by atoms with E-state index in [0.717, 1.165) is 58.3 Å². The van der Waals surface area contributed by atoms with Crippen LogP contribution in [0.2, 0.25) is 0 Å². The highest BCUT2D eigenvalue weighted by atomic mass is 16.4. The summed E-state index contributed by atoms with van der Waals surface area (Å²) in [5.41, 5.74) is 5.74. The van der Waals surface area contributed by atoms with Gasteiger partial charge < -0.3 is 14.2 Å². The number of hydrogen-bond donors (Lipinski definition) is 1. The maximum absolute atomic E-state index is 11.7. The van der Waals surface area contributed by atoms with Gasteiger partial charge in [0.1, 0.15) is 18.2 Å². The molecule has 166 valence electrons. The van der Waals surface area contributed by atoms with E-state index < -0.39 is 5.97 Å². The van der Waals surface area contributed by atoms with E-state index in [-0.39, 0.29) is 6.54 Å². The molecule has 1 N–H and O–H groups in total. The summed E-state index contributed by atoms with van der Waals surface area (Å²) in [5.74, 6) is 0.864. The minimum Gasteiger partial charge on any atom is -0.480 e. The summed E-state index contributed by atoms with van der Waals surface area (Å²) >= 11 is 0. The van der Waals surface area contributed by atoms with Crippen LogP contribution in [-0.2, 0) is 24.3 Å². The van der Waals surface area contributed by atoms with Crippen molar-refractivity contribution in [2.45, 2.75) is 39.3 Å². The van der Waals surface area contributed by atoms with Crippen LogP contribution < -0.4 is 0 Å². The molecule has 0 radical (unpaired) electrons. The minimum absolute atomic E-state index is 0.139. The van der Waals surface area contributed by atoms with Crippen molar-refractivity contribution in [2.75, 3.05) is 0 Å². The summed E-state index contributed by atoms with van der Waals surface area (Å²) in [7, 11) is 0. The fraction of sp³-hybridized carbons (Fsp3) is 0.222. The standard InChI is InChI=1S/C27H26N4O2/c1-2-3-13-25-28-21-11-7-8-12-23(21)30(25)17-19-14-15-22-24(16-19)31(18-26(32)33)27(29-22)20-9-5-4-6-10-20/h4-12,14-16H,2-3,13,17-18H2,1H3,(H,32,33). The predicted octanol–water partition coefficient (Wildman–Crippen LogP) is 5.53.